The number of rotatable bonds is 5. The SMILES string of the molecule is COc1ccc(NC(=S)NC(=O)c2ccc(-c3cccc(Cl)c3Cl)o2)c(OC)c1. The van der Waals surface area contributed by atoms with Crippen molar-refractivity contribution < 1.29 is 18.7 Å². The van der Waals surface area contributed by atoms with Crippen LogP contribution in [-0.2, 0) is 0 Å². The van der Waals surface area contributed by atoms with Crippen LogP contribution in [0, 0.1) is 0 Å². The minimum atomic E-state index is -0.514. The predicted octanol–water partition coefficient (Wildman–Crippen LogP) is 5.40. The number of benzene rings is 2. The Kier molecular flexibility index (Phi) is 6.64. The van der Waals surface area contributed by atoms with Crippen LogP contribution in [0.4, 0.5) is 5.69 Å². The van der Waals surface area contributed by atoms with E-state index in [-0.39, 0.29) is 10.9 Å². The Hall–Kier alpha value is -2.74. The van der Waals surface area contributed by atoms with Gasteiger partial charge in [0, 0.05) is 11.6 Å². The van der Waals surface area contributed by atoms with Gasteiger partial charge in [-0.15, -0.1) is 0 Å². The van der Waals surface area contributed by atoms with Crippen LogP contribution in [0.2, 0.25) is 10.0 Å². The van der Waals surface area contributed by atoms with E-state index in [0.29, 0.717) is 38.6 Å². The van der Waals surface area contributed by atoms with Crippen molar-refractivity contribution in [1.29, 1.82) is 0 Å². The van der Waals surface area contributed by atoms with Gasteiger partial charge >= 0.3 is 0 Å². The molecular formula is C20H16Cl2N2O4S. The number of ether oxygens (including phenoxy) is 2. The zero-order chi connectivity index (χ0) is 21.0. The maximum atomic E-state index is 12.5. The van der Waals surface area contributed by atoms with E-state index >= 15 is 0 Å². The third-order valence-corrected chi connectivity index (χ3v) is 4.95. The van der Waals surface area contributed by atoms with Gasteiger partial charge in [-0.05, 0) is 48.6 Å². The zero-order valence-electron chi connectivity index (χ0n) is 15.4. The fourth-order valence-corrected chi connectivity index (χ4v) is 3.12. The Morgan fingerprint density at radius 1 is 1.07 bits per heavy atom. The third-order valence-electron chi connectivity index (χ3n) is 3.93. The summed E-state index contributed by atoms with van der Waals surface area (Å²) in [6.45, 7) is 0. The van der Waals surface area contributed by atoms with Crippen molar-refractivity contribution in [3.63, 3.8) is 0 Å². The molecule has 0 bridgehead atoms. The van der Waals surface area contributed by atoms with Gasteiger partial charge in [-0.3, -0.25) is 10.1 Å². The van der Waals surface area contributed by atoms with E-state index in [4.69, 9.17) is 49.3 Å². The van der Waals surface area contributed by atoms with Gasteiger partial charge in [0.2, 0.25) is 0 Å². The molecule has 0 fully saturated rings. The van der Waals surface area contributed by atoms with Crippen molar-refractivity contribution >= 4 is 52.1 Å². The van der Waals surface area contributed by atoms with Crippen molar-refractivity contribution in [2.24, 2.45) is 0 Å². The van der Waals surface area contributed by atoms with Gasteiger partial charge in [-0.2, -0.15) is 0 Å². The Labute approximate surface area is 182 Å². The van der Waals surface area contributed by atoms with Crippen molar-refractivity contribution in [2.45, 2.75) is 0 Å². The molecule has 0 aliphatic carbocycles. The number of methoxy groups -OCH3 is 2. The van der Waals surface area contributed by atoms with E-state index in [1.54, 1.807) is 49.6 Å². The molecule has 6 nitrogen and oxygen atoms in total. The van der Waals surface area contributed by atoms with E-state index in [9.17, 15) is 4.79 Å². The molecule has 1 aromatic heterocycles. The van der Waals surface area contributed by atoms with Gasteiger partial charge < -0.3 is 19.2 Å². The zero-order valence-corrected chi connectivity index (χ0v) is 17.7. The van der Waals surface area contributed by atoms with Crippen molar-refractivity contribution in [2.75, 3.05) is 19.5 Å². The number of carbonyl (C=O) groups excluding carboxylic acids is 1. The number of nitrogens with one attached hydrogen (secondary N) is 2. The minimum Gasteiger partial charge on any atom is -0.497 e. The number of amides is 1. The number of thiocarbonyl (C=S) groups is 1. The van der Waals surface area contributed by atoms with Crippen LogP contribution in [-0.4, -0.2) is 25.2 Å². The molecule has 0 atom stereocenters. The van der Waals surface area contributed by atoms with Crippen LogP contribution in [0.25, 0.3) is 11.3 Å². The van der Waals surface area contributed by atoms with Crippen molar-refractivity contribution in [3.05, 3.63) is 64.3 Å². The van der Waals surface area contributed by atoms with E-state index in [2.05, 4.69) is 10.6 Å². The fraction of sp³-hybridized carbons (Fsp3) is 0.100. The molecule has 0 radical (unpaired) electrons. The fourth-order valence-electron chi connectivity index (χ4n) is 2.52. The van der Waals surface area contributed by atoms with Gasteiger partial charge in [0.15, 0.2) is 10.9 Å². The van der Waals surface area contributed by atoms with Crippen LogP contribution in [0.15, 0.2) is 52.9 Å². The first-order chi connectivity index (χ1) is 13.9. The van der Waals surface area contributed by atoms with Crippen molar-refractivity contribution in [1.82, 2.24) is 5.32 Å². The number of furan rings is 1. The minimum absolute atomic E-state index is 0.0712. The van der Waals surface area contributed by atoms with Gasteiger partial charge in [0.05, 0.1) is 30.0 Å². The quantitative estimate of drug-likeness (QED) is 0.507. The van der Waals surface area contributed by atoms with Crippen LogP contribution >= 0.6 is 35.4 Å². The monoisotopic (exact) mass is 450 g/mol. The summed E-state index contributed by atoms with van der Waals surface area (Å²) in [5.41, 5.74) is 1.16. The number of halogens is 2. The molecule has 0 unspecified atom stereocenters. The summed E-state index contributed by atoms with van der Waals surface area (Å²) in [5, 5.41) is 6.29. The van der Waals surface area contributed by atoms with Gasteiger partial charge in [-0.25, -0.2) is 0 Å². The van der Waals surface area contributed by atoms with Crippen LogP contribution in [0.5, 0.6) is 11.5 Å². The molecule has 0 saturated heterocycles. The van der Waals surface area contributed by atoms with E-state index in [1.165, 1.54) is 13.2 Å². The molecule has 0 spiro atoms. The van der Waals surface area contributed by atoms with E-state index in [1.807, 2.05) is 0 Å². The maximum absolute atomic E-state index is 12.5. The highest BCUT2D eigenvalue weighted by molar-refractivity contribution is 7.80. The molecule has 0 saturated carbocycles. The van der Waals surface area contributed by atoms with Crippen LogP contribution in [0.3, 0.4) is 0 Å². The molecule has 1 heterocycles. The smallest absolute Gasteiger partial charge is 0.293 e. The Morgan fingerprint density at radius 2 is 1.86 bits per heavy atom. The number of carbonyl (C=O) groups is 1. The average Bonchev–Trinajstić information content (AvgIpc) is 3.20. The van der Waals surface area contributed by atoms with E-state index in [0.717, 1.165) is 0 Å². The first-order valence-electron chi connectivity index (χ1n) is 8.31. The first-order valence-corrected chi connectivity index (χ1v) is 9.48. The Balaban J connectivity index is 1.70. The Bertz CT molecular complexity index is 1070. The van der Waals surface area contributed by atoms with Gasteiger partial charge in [0.1, 0.15) is 17.3 Å². The lowest BCUT2D eigenvalue weighted by molar-refractivity contribution is 0.0951. The third kappa shape index (κ3) is 4.82. The summed E-state index contributed by atoms with van der Waals surface area (Å²) < 4.78 is 16.1. The number of hydrogen-bond donors (Lipinski definition) is 2. The molecule has 1 amide bonds. The van der Waals surface area contributed by atoms with Crippen LogP contribution < -0.4 is 20.1 Å². The number of anilines is 1. The highest BCUT2D eigenvalue weighted by Gasteiger charge is 2.16. The molecule has 9 heteroatoms. The summed E-state index contributed by atoms with van der Waals surface area (Å²) in [5.74, 6) is 1.11. The molecule has 2 N–H and O–H groups in total. The normalized spacial score (nSPS) is 10.3. The first kappa shape index (κ1) is 21.0. The molecular weight excluding hydrogens is 435 g/mol. The van der Waals surface area contributed by atoms with Gasteiger partial charge in [-0.1, -0.05) is 29.3 Å². The summed E-state index contributed by atoms with van der Waals surface area (Å²) in [7, 11) is 3.08. The topological polar surface area (TPSA) is 72.7 Å². The highest BCUT2D eigenvalue weighted by atomic mass is 35.5. The average molecular weight is 451 g/mol. The second-order valence-electron chi connectivity index (χ2n) is 5.74. The molecule has 3 aromatic rings. The maximum Gasteiger partial charge on any atom is 0.293 e. The molecule has 0 aliphatic heterocycles. The lowest BCUT2D eigenvalue weighted by atomic mass is 10.2. The van der Waals surface area contributed by atoms with Gasteiger partial charge in [0.25, 0.3) is 5.91 Å². The predicted molar refractivity (Wildman–Crippen MR) is 117 cm³/mol. The summed E-state index contributed by atoms with van der Waals surface area (Å²) >= 11 is 17.4. The standard InChI is InChI=1S/C20H16Cl2N2O4S/c1-26-11-6-7-14(17(10-11)27-2)23-20(29)24-19(25)16-9-8-15(28-16)12-4-3-5-13(21)18(12)22/h3-10H,1-2H3,(H2,23,24,25,29). The summed E-state index contributed by atoms with van der Waals surface area (Å²) in [6.07, 6.45) is 0. The lowest BCUT2D eigenvalue weighted by Gasteiger charge is -2.13. The second kappa shape index (κ2) is 9.17. The lowest BCUT2D eigenvalue weighted by Crippen LogP contribution is -2.34. The second-order valence-corrected chi connectivity index (χ2v) is 6.93. The summed E-state index contributed by atoms with van der Waals surface area (Å²) in [6, 6.07) is 13.5. The molecule has 2 aromatic carbocycles. The largest absolute Gasteiger partial charge is 0.497 e. The van der Waals surface area contributed by atoms with E-state index < -0.39 is 5.91 Å². The molecule has 29 heavy (non-hydrogen) atoms. The molecule has 0 aliphatic rings. The molecule has 3 rings (SSSR count). The van der Waals surface area contributed by atoms with Crippen molar-refractivity contribution in [3.8, 4) is 22.8 Å². The summed E-state index contributed by atoms with van der Waals surface area (Å²) in [4.78, 5) is 12.5. The number of hydrogen-bond acceptors (Lipinski definition) is 5. The molecule has 150 valence electrons. The van der Waals surface area contributed by atoms with Crippen LogP contribution in [0.1, 0.15) is 10.6 Å². The Morgan fingerprint density at radius 3 is 2.59 bits per heavy atom. The highest BCUT2D eigenvalue weighted by Crippen LogP contribution is 2.34.